The van der Waals surface area contributed by atoms with Crippen LogP contribution in [0, 0.1) is 6.92 Å². The molecule has 2 aromatic rings. The highest BCUT2D eigenvalue weighted by atomic mass is 16.5. The van der Waals surface area contributed by atoms with Crippen LogP contribution >= 0.6 is 0 Å². The predicted octanol–water partition coefficient (Wildman–Crippen LogP) is 3.46. The fourth-order valence-corrected chi connectivity index (χ4v) is 2.24. The van der Waals surface area contributed by atoms with Crippen LogP contribution in [0.1, 0.15) is 18.1 Å². The maximum absolute atomic E-state index is 12.4. The molecule has 0 radical (unpaired) electrons. The zero-order valence-electron chi connectivity index (χ0n) is 14.2. The van der Waals surface area contributed by atoms with Gasteiger partial charge >= 0.3 is 0 Å². The number of benzene rings is 2. The minimum Gasteiger partial charge on any atom is -0.497 e. The van der Waals surface area contributed by atoms with Crippen molar-refractivity contribution in [2.75, 3.05) is 19.5 Å². The number of carbonyl (C=O) groups excluding carboxylic acids is 1. The highest BCUT2D eigenvalue weighted by molar-refractivity contribution is 5.94. The summed E-state index contributed by atoms with van der Waals surface area (Å²) in [6.45, 7) is 4.71. The first kappa shape index (κ1) is 17.0. The number of rotatable bonds is 6. The standard InChI is InChI=1S/C19H24N2O2/c1-14-5-7-16(8-6-14)13-21(3)15(2)19(22)20-17-9-11-18(23-4)12-10-17/h5-12,15H,13H2,1-4H3,(H,20,22). The number of nitrogens with one attached hydrogen (secondary N) is 1. The maximum atomic E-state index is 12.4. The van der Waals surface area contributed by atoms with Crippen LogP contribution in [0.15, 0.2) is 48.5 Å². The highest BCUT2D eigenvalue weighted by Crippen LogP contribution is 2.16. The molecule has 4 heteroatoms. The van der Waals surface area contributed by atoms with Gasteiger partial charge in [-0.25, -0.2) is 0 Å². The van der Waals surface area contributed by atoms with Crippen molar-refractivity contribution in [3.8, 4) is 5.75 Å². The summed E-state index contributed by atoms with van der Waals surface area (Å²) in [6.07, 6.45) is 0. The summed E-state index contributed by atoms with van der Waals surface area (Å²) in [5.74, 6) is 0.748. The molecular formula is C19H24N2O2. The van der Waals surface area contributed by atoms with Crippen molar-refractivity contribution in [1.82, 2.24) is 4.90 Å². The van der Waals surface area contributed by atoms with E-state index in [1.54, 1.807) is 7.11 Å². The van der Waals surface area contributed by atoms with Gasteiger partial charge in [-0.05, 0) is 50.7 Å². The Balaban J connectivity index is 1.93. The summed E-state index contributed by atoms with van der Waals surface area (Å²) in [7, 11) is 3.58. The van der Waals surface area contributed by atoms with Gasteiger partial charge in [-0.3, -0.25) is 9.69 Å². The van der Waals surface area contributed by atoms with Gasteiger partial charge in [0.05, 0.1) is 13.2 Å². The topological polar surface area (TPSA) is 41.6 Å². The molecule has 0 bridgehead atoms. The van der Waals surface area contributed by atoms with Gasteiger partial charge in [-0.2, -0.15) is 0 Å². The van der Waals surface area contributed by atoms with E-state index < -0.39 is 0 Å². The van der Waals surface area contributed by atoms with E-state index in [0.29, 0.717) is 0 Å². The van der Waals surface area contributed by atoms with E-state index in [-0.39, 0.29) is 11.9 Å². The van der Waals surface area contributed by atoms with Crippen LogP contribution in [0.3, 0.4) is 0 Å². The Morgan fingerprint density at radius 1 is 1.13 bits per heavy atom. The number of ether oxygens (including phenoxy) is 1. The number of anilines is 1. The SMILES string of the molecule is COc1ccc(NC(=O)C(C)N(C)Cc2ccc(C)cc2)cc1. The zero-order chi connectivity index (χ0) is 16.8. The van der Waals surface area contributed by atoms with Crippen molar-refractivity contribution in [3.63, 3.8) is 0 Å². The molecule has 0 aliphatic heterocycles. The van der Waals surface area contributed by atoms with E-state index in [2.05, 4.69) is 36.5 Å². The Morgan fingerprint density at radius 2 is 1.74 bits per heavy atom. The second-order valence-electron chi connectivity index (χ2n) is 5.79. The Bertz CT molecular complexity index is 635. The molecule has 23 heavy (non-hydrogen) atoms. The lowest BCUT2D eigenvalue weighted by Crippen LogP contribution is -2.39. The summed E-state index contributed by atoms with van der Waals surface area (Å²) in [5.41, 5.74) is 3.20. The second kappa shape index (κ2) is 7.79. The van der Waals surface area contributed by atoms with E-state index in [4.69, 9.17) is 4.74 Å². The molecule has 122 valence electrons. The first-order valence-corrected chi connectivity index (χ1v) is 7.70. The van der Waals surface area contributed by atoms with Crippen LogP contribution in [0.2, 0.25) is 0 Å². The summed E-state index contributed by atoms with van der Waals surface area (Å²) in [4.78, 5) is 14.4. The van der Waals surface area contributed by atoms with Gasteiger partial charge < -0.3 is 10.1 Å². The highest BCUT2D eigenvalue weighted by Gasteiger charge is 2.18. The van der Waals surface area contributed by atoms with Crippen LogP contribution in [-0.4, -0.2) is 31.0 Å². The van der Waals surface area contributed by atoms with E-state index in [0.717, 1.165) is 18.0 Å². The van der Waals surface area contributed by atoms with Gasteiger partial charge in [0.2, 0.25) is 5.91 Å². The van der Waals surface area contributed by atoms with E-state index in [9.17, 15) is 4.79 Å². The normalized spacial score (nSPS) is 12.0. The van der Waals surface area contributed by atoms with Crippen LogP contribution < -0.4 is 10.1 Å². The Hall–Kier alpha value is -2.33. The molecule has 2 rings (SSSR count). The van der Waals surface area contributed by atoms with E-state index in [1.807, 2.05) is 43.1 Å². The number of likely N-dealkylation sites (N-methyl/N-ethyl adjacent to an activating group) is 1. The molecule has 2 aromatic carbocycles. The van der Waals surface area contributed by atoms with Crippen molar-refractivity contribution < 1.29 is 9.53 Å². The fraction of sp³-hybridized carbons (Fsp3) is 0.316. The quantitative estimate of drug-likeness (QED) is 0.888. The van der Waals surface area contributed by atoms with Gasteiger partial charge in [0.1, 0.15) is 5.75 Å². The molecule has 0 saturated heterocycles. The Morgan fingerprint density at radius 3 is 2.30 bits per heavy atom. The molecule has 1 unspecified atom stereocenters. The molecule has 1 atom stereocenters. The minimum atomic E-state index is -0.224. The number of aryl methyl sites for hydroxylation is 1. The Labute approximate surface area is 138 Å². The van der Waals surface area contributed by atoms with Crippen LogP contribution in [0.4, 0.5) is 5.69 Å². The summed E-state index contributed by atoms with van der Waals surface area (Å²) >= 11 is 0. The molecule has 0 saturated carbocycles. The van der Waals surface area contributed by atoms with Crippen molar-refractivity contribution in [3.05, 3.63) is 59.7 Å². The van der Waals surface area contributed by atoms with E-state index in [1.165, 1.54) is 11.1 Å². The smallest absolute Gasteiger partial charge is 0.241 e. The van der Waals surface area contributed by atoms with E-state index >= 15 is 0 Å². The average molecular weight is 312 g/mol. The molecule has 1 amide bonds. The number of methoxy groups -OCH3 is 1. The number of amides is 1. The molecule has 0 fully saturated rings. The third kappa shape index (κ3) is 4.83. The average Bonchev–Trinajstić information content (AvgIpc) is 2.56. The van der Waals surface area contributed by atoms with Crippen LogP contribution in [0.5, 0.6) is 5.75 Å². The van der Waals surface area contributed by atoms with Gasteiger partial charge in [0, 0.05) is 12.2 Å². The lowest BCUT2D eigenvalue weighted by Gasteiger charge is -2.24. The van der Waals surface area contributed by atoms with Crippen LogP contribution in [-0.2, 0) is 11.3 Å². The maximum Gasteiger partial charge on any atom is 0.241 e. The molecule has 4 nitrogen and oxygen atoms in total. The first-order chi connectivity index (χ1) is 11.0. The van der Waals surface area contributed by atoms with Gasteiger partial charge in [0.15, 0.2) is 0 Å². The molecular weight excluding hydrogens is 288 g/mol. The number of carbonyl (C=O) groups is 1. The third-order valence-electron chi connectivity index (χ3n) is 3.95. The first-order valence-electron chi connectivity index (χ1n) is 7.70. The molecule has 0 aromatic heterocycles. The summed E-state index contributed by atoms with van der Waals surface area (Å²) in [6, 6.07) is 15.5. The fourth-order valence-electron chi connectivity index (χ4n) is 2.24. The minimum absolute atomic E-state index is 0.0234. The summed E-state index contributed by atoms with van der Waals surface area (Å²) < 4.78 is 5.11. The molecule has 0 spiro atoms. The largest absolute Gasteiger partial charge is 0.497 e. The summed E-state index contributed by atoms with van der Waals surface area (Å²) in [5, 5.41) is 2.93. The van der Waals surface area contributed by atoms with Gasteiger partial charge in [0.25, 0.3) is 0 Å². The van der Waals surface area contributed by atoms with Crippen molar-refractivity contribution in [1.29, 1.82) is 0 Å². The molecule has 0 aliphatic carbocycles. The molecule has 1 N–H and O–H groups in total. The van der Waals surface area contributed by atoms with Gasteiger partial charge in [-0.15, -0.1) is 0 Å². The number of nitrogens with zero attached hydrogens (tertiary/aromatic N) is 1. The third-order valence-corrected chi connectivity index (χ3v) is 3.95. The van der Waals surface area contributed by atoms with Gasteiger partial charge in [-0.1, -0.05) is 29.8 Å². The number of hydrogen-bond acceptors (Lipinski definition) is 3. The lowest BCUT2D eigenvalue weighted by atomic mass is 10.1. The molecule has 0 heterocycles. The second-order valence-corrected chi connectivity index (χ2v) is 5.79. The predicted molar refractivity (Wildman–Crippen MR) is 93.7 cm³/mol. The lowest BCUT2D eigenvalue weighted by molar-refractivity contribution is -0.120. The van der Waals surface area contributed by atoms with Crippen molar-refractivity contribution >= 4 is 11.6 Å². The molecule has 0 aliphatic rings. The monoisotopic (exact) mass is 312 g/mol. The van der Waals surface area contributed by atoms with Crippen molar-refractivity contribution in [2.24, 2.45) is 0 Å². The Kier molecular flexibility index (Phi) is 5.77. The van der Waals surface area contributed by atoms with Crippen LogP contribution in [0.25, 0.3) is 0 Å². The number of hydrogen-bond donors (Lipinski definition) is 1. The van der Waals surface area contributed by atoms with Crippen molar-refractivity contribution in [2.45, 2.75) is 26.4 Å². The zero-order valence-corrected chi connectivity index (χ0v) is 14.2.